The quantitative estimate of drug-likeness (QED) is 0.874. The summed E-state index contributed by atoms with van der Waals surface area (Å²) >= 11 is 0. The second kappa shape index (κ2) is 5.41. The lowest BCUT2D eigenvalue weighted by Crippen LogP contribution is -2.32. The van der Waals surface area contributed by atoms with Crippen LogP contribution in [0, 0.1) is 5.92 Å². The van der Waals surface area contributed by atoms with E-state index in [1.54, 1.807) is 13.2 Å². The summed E-state index contributed by atoms with van der Waals surface area (Å²) < 4.78 is 5.04. The normalized spacial score (nSPS) is 18.2. The van der Waals surface area contributed by atoms with Crippen molar-refractivity contribution in [3.63, 3.8) is 0 Å². The van der Waals surface area contributed by atoms with Crippen molar-refractivity contribution in [2.75, 3.05) is 20.2 Å². The maximum absolute atomic E-state index is 9.72. The average Bonchev–Trinajstić information content (AvgIpc) is 2.32. The molecular weight excluding hydrogens is 214 g/mol. The number of likely N-dealkylation sites (tertiary alicyclic amines) is 1. The molecule has 0 spiro atoms. The summed E-state index contributed by atoms with van der Waals surface area (Å²) in [6.45, 7) is 5.56. The van der Waals surface area contributed by atoms with Gasteiger partial charge in [0.1, 0.15) is 0 Å². The van der Waals surface area contributed by atoms with Gasteiger partial charge < -0.3 is 9.84 Å². The fourth-order valence-corrected chi connectivity index (χ4v) is 2.31. The van der Waals surface area contributed by atoms with Crippen molar-refractivity contribution in [1.82, 2.24) is 4.90 Å². The van der Waals surface area contributed by atoms with Crippen molar-refractivity contribution >= 4 is 0 Å². The molecule has 1 heterocycles. The van der Waals surface area contributed by atoms with Crippen molar-refractivity contribution in [1.29, 1.82) is 0 Å². The molecule has 0 aromatic heterocycles. The Kier molecular flexibility index (Phi) is 3.89. The first-order valence-electron chi connectivity index (χ1n) is 6.27. The van der Waals surface area contributed by atoms with Gasteiger partial charge in [-0.1, -0.05) is 13.0 Å². The Morgan fingerprint density at radius 1 is 1.35 bits per heavy atom. The Morgan fingerprint density at radius 2 is 2.06 bits per heavy atom. The van der Waals surface area contributed by atoms with Crippen LogP contribution in [0.2, 0.25) is 0 Å². The highest BCUT2D eigenvalue weighted by molar-refractivity contribution is 5.41. The third-order valence-corrected chi connectivity index (χ3v) is 3.53. The largest absolute Gasteiger partial charge is 0.504 e. The van der Waals surface area contributed by atoms with Crippen LogP contribution in [-0.4, -0.2) is 30.2 Å². The lowest BCUT2D eigenvalue weighted by atomic mass is 9.99. The summed E-state index contributed by atoms with van der Waals surface area (Å²) in [7, 11) is 1.57. The average molecular weight is 235 g/mol. The molecule has 0 aliphatic carbocycles. The van der Waals surface area contributed by atoms with Gasteiger partial charge in [0.15, 0.2) is 11.5 Å². The molecule has 1 aromatic rings. The van der Waals surface area contributed by atoms with E-state index in [9.17, 15) is 5.11 Å². The number of benzene rings is 1. The van der Waals surface area contributed by atoms with Crippen LogP contribution in [0.4, 0.5) is 0 Å². The maximum Gasteiger partial charge on any atom is 0.160 e. The minimum absolute atomic E-state index is 0.232. The van der Waals surface area contributed by atoms with E-state index in [0.717, 1.165) is 31.1 Å². The highest BCUT2D eigenvalue weighted by atomic mass is 16.5. The van der Waals surface area contributed by atoms with Gasteiger partial charge in [-0.15, -0.1) is 0 Å². The lowest BCUT2D eigenvalue weighted by molar-refractivity contribution is 0.185. The van der Waals surface area contributed by atoms with Crippen molar-refractivity contribution < 1.29 is 9.84 Å². The van der Waals surface area contributed by atoms with Crippen molar-refractivity contribution in [2.24, 2.45) is 5.92 Å². The number of phenols is 1. The van der Waals surface area contributed by atoms with Crippen LogP contribution in [0.1, 0.15) is 25.3 Å². The number of piperidine rings is 1. The smallest absolute Gasteiger partial charge is 0.160 e. The van der Waals surface area contributed by atoms with Crippen LogP contribution in [0.15, 0.2) is 18.2 Å². The third-order valence-electron chi connectivity index (χ3n) is 3.53. The second-order valence-corrected chi connectivity index (χ2v) is 4.96. The van der Waals surface area contributed by atoms with Gasteiger partial charge >= 0.3 is 0 Å². The van der Waals surface area contributed by atoms with Crippen LogP contribution in [-0.2, 0) is 6.54 Å². The van der Waals surface area contributed by atoms with Gasteiger partial charge in [-0.25, -0.2) is 0 Å². The molecule has 1 N–H and O–H groups in total. The zero-order valence-corrected chi connectivity index (χ0v) is 10.6. The first-order valence-corrected chi connectivity index (χ1v) is 6.27. The van der Waals surface area contributed by atoms with Crippen molar-refractivity contribution in [3.8, 4) is 11.5 Å². The molecule has 1 aliphatic heterocycles. The van der Waals surface area contributed by atoms with Gasteiger partial charge in [-0.05, 0) is 49.5 Å². The summed E-state index contributed by atoms with van der Waals surface area (Å²) in [6.07, 6.45) is 2.56. The molecule has 0 bridgehead atoms. The summed E-state index contributed by atoms with van der Waals surface area (Å²) in [6, 6.07) is 5.66. The number of hydrogen-bond donors (Lipinski definition) is 1. The zero-order chi connectivity index (χ0) is 12.3. The van der Waals surface area contributed by atoms with Crippen LogP contribution in [0.5, 0.6) is 11.5 Å². The van der Waals surface area contributed by atoms with E-state index < -0.39 is 0 Å². The van der Waals surface area contributed by atoms with Gasteiger partial charge in [-0.3, -0.25) is 4.90 Å². The number of phenolic OH excluding ortho intramolecular Hbond substituents is 1. The first-order chi connectivity index (χ1) is 8.19. The maximum atomic E-state index is 9.72. The van der Waals surface area contributed by atoms with E-state index in [1.165, 1.54) is 12.8 Å². The van der Waals surface area contributed by atoms with Crippen LogP contribution in [0.3, 0.4) is 0 Å². The molecule has 0 amide bonds. The monoisotopic (exact) mass is 235 g/mol. The van der Waals surface area contributed by atoms with Crippen molar-refractivity contribution in [2.45, 2.75) is 26.3 Å². The molecule has 3 heteroatoms. The molecule has 1 fully saturated rings. The van der Waals surface area contributed by atoms with E-state index in [4.69, 9.17) is 4.74 Å². The van der Waals surface area contributed by atoms with E-state index in [2.05, 4.69) is 11.8 Å². The summed E-state index contributed by atoms with van der Waals surface area (Å²) in [5.74, 6) is 1.63. The van der Waals surface area contributed by atoms with E-state index in [-0.39, 0.29) is 5.75 Å². The highest BCUT2D eigenvalue weighted by Crippen LogP contribution is 2.27. The van der Waals surface area contributed by atoms with Crippen LogP contribution >= 0.6 is 0 Å². The minimum atomic E-state index is 0.232. The molecule has 94 valence electrons. The second-order valence-electron chi connectivity index (χ2n) is 4.96. The molecule has 17 heavy (non-hydrogen) atoms. The SMILES string of the molecule is COc1ccc(CN2CCC(C)CC2)cc1O. The molecule has 1 aliphatic rings. The summed E-state index contributed by atoms with van der Waals surface area (Å²) in [4.78, 5) is 2.45. The van der Waals surface area contributed by atoms with Gasteiger partial charge in [0.25, 0.3) is 0 Å². The molecule has 0 saturated carbocycles. The van der Waals surface area contributed by atoms with E-state index in [0.29, 0.717) is 5.75 Å². The Labute approximate surface area is 103 Å². The predicted molar refractivity (Wildman–Crippen MR) is 68.3 cm³/mol. The predicted octanol–water partition coefficient (Wildman–Crippen LogP) is 2.63. The lowest BCUT2D eigenvalue weighted by Gasteiger charge is -2.30. The highest BCUT2D eigenvalue weighted by Gasteiger charge is 2.16. The fourth-order valence-electron chi connectivity index (χ4n) is 2.31. The Balaban J connectivity index is 1.97. The number of methoxy groups -OCH3 is 1. The Hall–Kier alpha value is -1.22. The third kappa shape index (κ3) is 3.13. The number of hydrogen-bond acceptors (Lipinski definition) is 3. The number of rotatable bonds is 3. The fraction of sp³-hybridized carbons (Fsp3) is 0.571. The van der Waals surface area contributed by atoms with Gasteiger partial charge in [0.05, 0.1) is 7.11 Å². The van der Waals surface area contributed by atoms with Gasteiger partial charge in [-0.2, -0.15) is 0 Å². The molecule has 1 aromatic carbocycles. The van der Waals surface area contributed by atoms with Gasteiger partial charge in [0, 0.05) is 6.54 Å². The van der Waals surface area contributed by atoms with Crippen LogP contribution < -0.4 is 4.74 Å². The van der Waals surface area contributed by atoms with E-state index in [1.807, 2.05) is 12.1 Å². The standard InChI is InChI=1S/C14H21NO2/c1-11-5-7-15(8-6-11)10-12-3-4-14(17-2)13(16)9-12/h3-4,9,11,16H,5-8,10H2,1-2H3. The number of ether oxygens (including phenoxy) is 1. The molecule has 1 saturated heterocycles. The summed E-state index contributed by atoms with van der Waals surface area (Å²) in [5.41, 5.74) is 1.15. The molecule has 0 radical (unpaired) electrons. The Morgan fingerprint density at radius 3 is 2.65 bits per heavy atom. The van der Waals surface area contributed by atoms with Gasteiger partial charge in [0.2, 0.25) is 0 Å². The topological polar surface area (TPSA) is 32.7 Å². The molecule has 0 atom stereocenters. The van der Waals surface area contributed by atoms with Crippen LogP contribution in [0.25, 0.3) is 0 Å². The molecule has 3 nitrogen and oxygen atoms in total. The number of nitrogens with zero attached hydrogens (tertiary/aromatic N) is 1. The summed E-state index contributed by atoms with van der Waals surface area (Å²) in [5, 5.41) is 9.72. The molecule has 2 rings (SSSR count). The minimum Gasteiger partial charge on any atom is -0.504 e. The zero-order valence-electron chi connectivity index (χ0n) is 10.6. The van der Waals surface area contributed by atoms with E-state index >= 15 is 0 Å². The number of aromatic hydroxyl groups is 1. The Bertz CT molecular complexity index is 370. The molecule has 0 unspecified atom stereocenters. The van der Waals surface area contributed by atoms with Crippen molar-refractivity contribution in [3.05, 3.63) is 23.8 Å². The molecular formula is C14H21NO2. The first kappa shape index (κ1) is 12.2.